The van der Waals surface area contributed by atoms with Crippen molar-refractivity contribution >= 4 is 75.2 Å². The molecule has 0 bridgehead atoms. The summed E-state index contributed by atoms with van der Waals surface area (Å²) in [6, 6.07) is 12.7. The summed E-state index contributed by atoms with van der Waals surface area (Å²) in [7, 11) is 0. The fourth-order valence-electron chi connectivity index (χ4n) is 2.18. The van der Waals surface area contributed by atoms with Gasteiger partial charge in [-0.15, -0.1) is 0 Å². The fraction of sp³-hybridized carbons (Fsp3) is 0.0588. The zero-order chi connectivity index (χ0) is 18.7. The van der Waals surface area contributed by atoms with Gasteiger partial charge in [-0.1, -0.05) is 58.5 Å². The molecule has 4 nitrogen and oxygen atoms in total. The monoisotopic (exact) mass is 444 g/mol. The highest BCUT2D eigenvalue weighted by Crippen LogP contribution is 2.25. The van der Waals surface area contributed by atoms with Gasteiger partial charge in [0.05, 0.1) is 16.6 Å². The van der Waals surface area contributed by atoms with Crippen molar-refractivity contribution in [3.63, 3.8) is 0 Å². The molecule has 2 N–H and O–H groups in total. The van der Waals surface area contributed by atoms with E-state index in [1.54, 1.807) is 29.1 Å². The van der Waals surface area contributed by atoms with Crippen molar-refractivity contribution in [2.24, 2.45) is 0 Å². The van der Waals surface area contributed by atoms with Crippen LogP contribution in [0.2, 0.25) is 20.1 Å². The van der Waals surface area contributed by atoms with Gasteiger partial charge in [0.25, 0.3) is 0 Å². The van der Waals surface area contributed by atoms with Crippen molar-refractivity contribution in [2.75, 3.05) is 10.6 Å². The number of thiocarbonyl (C=S) groups is 1. The molecule has 0 amide bonds. The predicted octanol–water partition coefficient (Wildman–Crippen LogP) is 6.35. The van der Waals surface area contributed by atoms with Gasteiger partial charge < -0.3 is 10.6 Å². The second-order valence-electron chi connectivity index (χ2n) is 5.36. The van der Waals surface area contributed by atoms with E-state index in [1.165, 1.54) is 0 Å². The van der Waals surface area contributed by atoms with Crippen LogP contribution in [-0.4, -0.2) is 14.9 Å². The molecule has 3 rings (SSSR count). The molecule has 0 saturated heterocycles. The summed E-state index contributed by atoms with van der Waals surface area (Å²) in [5.41, 5.74) is 1.75. The second kappa shape index (κ2) is 8.46. The number of aromatic nitrogens is 2. The van der Waals surface area contributed by atoms with Crippen LogP contribution < -0.4 is 10.6 Å². The molecule has 1 aromatic heterocycles. The molecule has 9 heteroatoms. The van der Waals surface area contributed by atoms with E-state index in [-0.39, 0.29) is 0 Å². The highest BCUT2D eigenvalue weighted by Gasteiger charge is 2.10. The maximum atomic E-state index is 6.24. The smallest absolute Gasteiger partial charge is 0.176 e. The van der Waals surface area contributed by atoms with Crippen LogP contribution in [0.4, 0.5) is 11.5 Å². The predicted molar refractivity (Wildman–Crippen MR) is 114 cm³/mol. The van der Waals surface area contributed by atoms with Crippen LogP contribution in [0.25, 0.3) is 0 Å². The lowest BCUT2D eigenvalue weighted by Gasteiger charge is -2.09. The van der Waals surface area contributed by atoms with E-state index in [0.717, 1.165) is 5.56 Å². The molecule has 0 fully saturated rings. The lowest BCUT2D eigenvalue weighted by molar-refractivity contribution is 0.690. The molecular formula is C17H12Cl4N4S. The number of nitrogens with zero attached hydrogens (tertiary/aromatic N) is 2. The van der Waals surface area contributed by atoms with Gasteiger partial charge in [0, 0.05) is 16.9 Å². The van der Waals surface area contributed by atoms with E-state index >= 15 is 0 Å². The maximum Gasteiger partial charge on any atom is 0.176 e. The summed E-state index contributed by atoms with van der Waals surface area (Å²) in [4.78, 5) is 0. The van der Waals surface area contributed by atoms with Crippen molar-refractivity contribution in [1.82, 2.24) is 9.78 Å². The summed E-state index contributed by atoms with van der Waals surface area (Å²) in [5.74, 6) is 0.457. The molecule has 134 valence electrons. The molecule has 0 unspecified atom stereocenters. The maximum absolute atomic E-state index is 6.24. The third-order valence-corrected chi connectivity index (χ3v) is 4.86. The Hall–Kier alpha value is -1.50. The number of anilines is 2. The minimum atomic E-state index is 0.335. The SMILES string of the molecule is S=C(Nc1ccc(Cl)c(Cl)c1)Nc1nn(Cc2ccc(Cl)cc2)cc1Cl. The van der Waals surface area contributed by atoms with E-state index in [9.17, 15) is 0 Å². The van der Waals surface area contributed by atoms with Gasteiger partial charge in [-0.25, -0.2) is 0 Å². The lowest BCUT2D eigenvalue weighted by atomic mass is 10.2. The van der Waals surface area contributed by atoms with E-state index in [4.69, 9.17) is 58.6 Å². The normalized spacial score (nSPS) is 10.6. The topological polar surface area (TPSA) is 41.9 Å². The third-order valence-electron chi connectivity index (χ3n) is 3.38. The fourth-order valence-corrected chi connectivity index (χ4v) is 3.02. The van der Waals surface area contributed by atoms with Crippen LogP contribution in [-0.2, 0) is 6.54 Å². The zero-order valence-corrected chi connectivity index (χ0v) is 17.0. The number of hydrogen-bond acceptors (Lipinski definition) is 2. The van der Waals surface area contributed by atoms with Gasteiger partial charge in [-0.3, -0.25) is 4.68 Å². The van der Waals surface area contributed by atoms with Crippen LogP contribution >= 0.6 is 58.6 Å². The standard InChI is InChI=1S/C17H12Cl4N4S/c18-11-3-1-10(2-4-11)8-25-9-15(21)16(24-25)23-17(26)22-12-5-6-13(19)14(20)7-12/h1-7,9H,8H2,(H2,22,23,24,26). The van der Waals surface area contributed by atoms with Crippen LogP contribution in [0.5, 0.6) is 0 Å². The summed E-state index contributed by atoms with van der Waals surface area (Å²) in [6.07, 6.45) is 1.72. The first-order valence-electron chi connectivity index (χ1n) is 7.41. The van der Waals surface area contributed by atoms with Crippen LogP contribution in [0.15, 0.2) is 48.7 Å². The Morgan fingerprint density at radius 3 is 2.35 bits per heavy atom. The Balaban J connectivity index is 1.65. The number of nitrogens with one attached hydrogen (secondary N) is 2. The van der Waals surface area contributed by atoms with Gasteiger partial charge in [-0.05, 0) is 48.1 Å². The number of benzene rings is 2. The van der Waals surface area contributed by atoms with Crippen molar-refractivity contribution in [2.45, 2.75) is 6.54 Å². The van der Waals surface area contributed by atoms with Gasteiger partial charge in [0.2, 0.25) is 0 Å². The number of rotatable bonds is 4. The highest BCUT2D eigenvalue weighted by atomic mass is 35.5. The zero-order valence-electron chi connectivity index (χ0n) is 13.1. The first-order valence-corrected chi connectivity index (χ1v) is 9.33. The molecule has 0 spiro atoms. The van der Waals surface area contributed by atoms with E-state index < -0.39 is 0 Å². The highest BCUT2D eigenvalue weighted by molar-refractivity contribution is 7.80. The molecular weight excluding hydrogens is 434 g/mol. The van der Waals surface area contributed by atoms with Gasteiger partial charge in [0.1, 0.15) is 5.02 Å². The summed E-state index contributed by atoms with van der Waals surface area (Å²) < 4.78 is 1.72. The number of hydrogen-bond donors (Lipinski definition) is 2. The molecule has 0 atom stereocenters. The third kappa shape index (κ3) is 5.02. The van der Waals surface area contributed by atoms with E-state index in [1.807, 2.05) is 24.3 Å². The van der Waals surface area contributed by atoms with Crippen LogP contribution in [0.3, 0.4) is 0 Å². The van der Waals surface area contributed by atoms with Crippen molar-refractivity contribution in [1.29, 1.82) is 0 Å². The quantitative estimate of drug-likeness (QED) is 0.458. The average Bonchev–Trinajstić information content (AvgIpc) is 2.92. The second-order valence-corrected chi connectivity index (χ2v) is 7.42. The Labute approximate surface area is 176 Å². The molecule has 0 aliphatic rings. The van der Waals surface area contributed by atoms with Crippen molar-refractivity contribution in [3.8, 4) is 0 Å². The van der Waals surface area contributed by atoms with Crippen LogP contribution in [0.1, 0.15) is 5.56 Å². The lowest BCUT2D eigenvalue weighted by Crippen LogP contribution is -2.19. The summed E-state index contributed by atoms with van der Waals surface area (Å²) >= 11 is 29.3. The summed E-state index contributed by atoms with van der Waals surface area (Å²) in [5, 5.41) is 12.8. The van der Waals surface area contributed by atoms with Crippen LogP contribution in [0, 0.1) is 0 Å². The van der Waals surface area contributed by atoms with Crippen molar-refractivity contribution in [3.05, 3.63) is 74.3 Å². The number of halogens is 4. The first kappa shape index (κ1) is 19.3. The molecule has 0 radical (unpaired) electrons. The van der Waals surface area contributed by atoms with Crippen molar-refractivity contribution < 1.29 is 0 Å². The average molecular weight is 446 g/mol. The minimum absolute atomic E-state index is 0.335. The molecule has 0 saturated carbocycles. The Bertz CT molecular complexity index is 940. The molecule has 26 heavy (non-hydrogen) atoms. The Kier molecular flexibility index (Phi) is 6.27. The van der Waals surface area contributed by atoms with E-state index in [2.05, 4.69) is 15.7 Å². The molecule has 3 aromatic rings. The largest absolute Gasteiger partial charge is 0.332 e. The van der Waals surface area contributed by atoms with Gasteiger partial charge in [-0.2, -0.15) is 5.10 Å². The van der Waals surface area contributed by atoms with Gasteiger partial charge >= 0.3 is 0 Å². The Morgan fingerprint density at radius 2 is 1.65 bits per heavy atom. The molecule has 1 heterocycles. The Morgan fingerprint density at radius 1 is 0.923 bits per heavy atom. The molecule has 0 aliphatic carbocycles. The molecule has 2 aromatic carbocycles. The first-order chi connectivity index (χ1) is 12.4. The van der Waals surface area contributed by atoms with E-state index in [0.29, 0.717) is 43.3 Å². The van der Waals surface area contributed by atoms with Gasteiger partial charge in [0.15, 0.2) is 10.9 Å². The summed E-state index contributed by atoms with van der Waals surface area (Å²) in [6.45, 7) is 0.561. The molecule has 0 aliphatic heterocycles. The minimum Gasteiger partial charge on any atom is -0.332 e.